The maximum atomic E-state index is 11.0. The van der Waals surface area contributed by atoms with Crippen LogP contribution in [0.3, 0.4) is 0 Å². The summed E-state index contributed by atoms with van der Waals surface area (Å²) in [4.78, 5) is 22.0. The van der Waals surface area contributed by atoms with Crippen LogP contribution in [0.5, 0.6) is 5.75 Å². The van der Waals surface area contributed by atoms with E-state index < -0.39 is 0 Å². The molecule has 0 fully saturated rings. The molecule has 4 aromatic heterocycles. The van der Waals surface area contributed by atoms with Crippen molar-refractivity contribution in [1.82, 2.24) is 19.9 Å². The first kappa shape index (κ1) is 35.7. The highest BCUT2D eigenvalue weighted by molar-refractivity contribution is 6.07. The summed E-state index contributed by atoms with van der Waals surface area (Å²) in [6.07, 6.45) is 3.66. The fourth-order valence-electron chi connectivity index (χ4n) is 7.16. The van der Waals surface area contributed by atoms with Crippen LogP contribution in [0.25, 0.3) is 55.8 Å². The Morgan fingerprint density at radius 1 is 0.636 bits per heavy atom. The number of phenolic OH excluding ortho intramolecular Hbond substituents is 1. The first-order valence-corrected chi connectivity index (χ1v) is 18.7. The molecule has 0 saturated heterocycles. The van der Waals surface area contributed by atoms with Gasteiger partial charge in [0.05, 0.1) is 16.9 Å². The number of fused-ring (bicyclic) bond motifs is 3. The molecule has 4 heterocycles. The zero-order valence-electron chi connectivity index (χ0n) is 32.6. The predicted molar refractivity (Wildman–Crippen MR) is 224 cm³/mol. The van der Waals surface area contributed by atoms with Gasteiger partial charge in [0.25, 0.3) is 0 Å². The third-order valence-electron chi connectivity index (χ3n) is 10.2. The van der Waals surface area contributed by atoms with E-state index in [-0.39, 0.29) is 16.6 Å². The minimum atomic E-state index is -0.0833. The standard InChI is InChI=1S/C48H45N5O2/c1-29-20-22-49-30(2)44(29)53(41-19-13-14-21-50-41)36-26-31(32-24-34(47(3,4)5)28-35(25-32)48(6,7)8)23-33(27-36)42-45-43(38-16-10-12-18-40(38)55-45)52-46(51-42)37-15-9-11-17-39(37)54/h9-28,54H,1-8H3. The highest BCUT2D eigenvalue weighted by Crippen LogP contribution is 2.44. The van der Waals surface area contributed by atoms with Gasteiger partial charge >= 0.3 is 0 Å². The molecule has 55 heavy (non-hydrogen) atoms. The maximum absolute atomic E-state index is 11.0. The number of hydrogen-bond acceptors (Lipinski definition) is 7. The number of aromatic hydroxyl groups is 1. The molecule has 8 rings (SSSR count). The van der Waals surface area contributed by atoms with Crippen molar-refractivity contribution in [1.29, 1.82) is 0 Å². The summed E-state index contributed by atoms with van der Waals surface area (Å²) in [5, 5.41) is 11.9. The third kappa shape index (κ3) is 6.71. The fourth-order valence-corrected chi connectivity index (χ4v) is 7.16. The van der Waals surface area contributed by atoms with Crippen molar-refractivity contribution in [3.63, 3.8) is 0 Å². The Labute approximate surface area is 322 Å². The van der Waals surface area contributed by atoms with Gasteiger partial charge in [-0.15, -0.1) is 0 Å². The van der Waals surface area contributed by atoms with Crippen molar-refractivity contribution in [2.24, 2.45) is 0 Å². The molecule has 7 nitrogen and oxygen atoms in total. The number of aromatic nitrogens is 4. The monoisotopic (exact) mass is 723 g/mol. The first-order valence-electron chi connectivity index (χ1n) is 18.7. The average molecular weight is 724 g/mol. The Morgan fingerprint density at radius 3 is 2.00 bits per heavy atom. The Balaban J connectivity index is 1.50. The second-order valence-corrected chi connectivity index (χ2v) is 16.3. The van der Waals surface area contributed by atoms with Crippen LogP contribution < -0.4 is 4.90 Å². The summed E-state index contributed by atoms with van der Waals surface area (Å²) in [7, 11) is 0. The molecular formula is C48H45N5O2. The maximum Gasteiger partial charge on any atom is 0.180 e. The second kappa shape index (κ2) is 13.5. The minimum Gasteiger partial charge on any atom is -0.507 e. The lowest BCUT2D eigenvalue weighted by atomic mass is 9.79. The van der Waals surface area contributed by atoms with Gasteiger partial charge in [0, 0.05) is 29.0 Å². The number of pyridine rings is 2. The van der Waals surface area contributed by atoms with E-state index in [2.05, 4.69) is 89.8 Å². The van der Waals surface area contributed by atoms with Crippen molar-refractivity contribution < 1.29 is 9.52 Å². The van der Waals surface area contributed by atoms with Crippen LogP contribution in [-0.4, -0.2) is 25.0 Å². The Hall–Kier alpha value is -6.34. The molecule has 4 aromatic carbocycles. The molecule has 1 N–H and O–H groups in total. The Morgan fingerprint density at radius 2 is 1.31 bits per heavy atom. The van der Waals surface area contributed by atoms with Crippen molar-refractivity contribution in [3.8, 4) is 39.5 Å². The first-order chi connectivity index (χ1) is 26.3. The SMILES string of the molecule is Cc1ccnc(C)c1N(c1cc(-c2cc(C(C)(C)C)cc(C(C)(C)C)c2)cc(-c2nc(-c3ccccc3O)nc3c2oc2ccccc23)c1)c1ccccn1. The Bertz CT molecular complexity index is 2670. The van der Waals surface area contributed by atoms with E-state index in [1.54, 1.807) is 12.1 Å². The van der Waals surface area contributed by atoms with Crippen LogP contribution >= 0.6 is 0 Å². The van der Waals surface area contributed by atoms with Crippen LogP contribution in [0.2, 0.25) is 0 Å². The number of para-hydroxylation sites is 2. The fraction of sp³-hybridized carbons (Fsp3) is 0.208. The normalized spacial score (nSPS) is 12.1. The van der Waals surface area contributed by atoms with Gasteiger partial charge in [-0.2, -0.15) is 0 Å². The van der Waals surface area contributed by atoms with E-state index in [0.29, 0.717) is 33.8 Å². The van der Waals surface area contributed by atoms with E-state index >= 15 is 0 Å². The summed E-state index contributed by atoms with van der Waals surface area (Å²) in [6, 6.07) is 36.6. The summed E-state index contributed by atoms with van der Waals surface area (Å²) < 4.78 is 6.62. The van der Waals surface area contributed by atoms with E-state index in [1.165, 1.54) is 11.1 Å². The van der Waals surface area contributed by atoms with E-state index in [4.69, 9.17) is 24.4 Å². The van der Waals surface area contributed by atoms with E-state index in [1.807, 2.05) is 80.0 Å². The van der Waals surface area contributed by atoms with Crippen molar-refractivity contribution >= 4 is 39.3 Å². The van der Waals surface area contributed by atoms with Gasteiger partial charge in [-0.05, 0) is 113 Å². The number of rotatable bonds is 6. The zero-order valence-corrected chi connectivity index (χ0v) is 32.6. The lowest BCUT2D eigenvalue weighted by molar-refractivity contribution is 0.477. The molecule has 0 atom stereocenters. The number of aryl methyl sites for hydroxylation is 2. The molecule has 7 heteroatoms. The van der Waals surface area contributed by atoms with Crippen molar-refractivity contribution in [3.05, 3.63) is 144 Å². The molecule has 0 unspecified atom stereocenters. The van der Waals surface area contributed by atoms with Crippen LogP contribution in [-0.2, 0) is 10.8 Å². The number of phenols is 1. The molecule has 0 saturated carbocycles. The van der Waals surface area contributed by atoms with Crippen molar-refractivity contribution in [2.45, 2.75) is 66.2 Å². The van der Waals surface area contributed by atoms with Crippen LogP contribution in [0.15, 0.2) is 126 Å². The minimum absolute atomic E-state index is 0.0833. The molecule has 0 aliphatic heterocycles. The molecule has 8 aromatic rings. The van der Waals surface area contributed by atoms with Gasteiger partial charge in [0.15, 0.2) is 11.4 Å². The quantitative estimate of drug-likeness (QED) is 0.183. The highest BCUT2D eigenvalue weighted by Gasteiger charge is 2.26. The van der Waals surface area contributed by atoms with Gasteiger partial charge in [0.1, 0.15) is 28.4 Å². The third-order valence-corrected chi connectivity index (χ3v) is 10.2. The van der Waals surface area contributed by atoms with Gasteiger partial charge in [-0.3, -0.25) is 9.88 Å². The lowest BCUT2D eigenvalue weighted by Gasteiger charge is -2.29. The smallest absolute Gasteiger partial charge is 0.180 e. The second-order valence-electron chi connectivity index (χ2n) is 16.3. The van der Waals surface area contributed by atoms with Crippen LogP contribution in [0, 0.1) is 13.8 Å². The highest BCUT2D eigenvalue weighted by atomic mass is 16.3. The predicted octanol–water partition coefficient (Wildman–Crippen LogP) is 12.6. The number of benzene rings is 4. The zero-order chi connectivity index (χ0) is 38.6. The molecular weight excluding hydrogens is 679 g/mol. The number of anilines is 3. The molecule has 0 bridgehead atoms. The topological polar surface area (TPSA) is 88.2 Å². The van der Waals surface area contributed by atoms with E-state index in [0.717, 1.165) is 50.5 Å². The average Bonchev–Trinajstić information content (AvgIpc) is 3.54. The molecule has 0 spiro atoms. The van der Waals surface area contributed by atoms with Gasteiger partial charge in [-0.1, -0.05) is 90.1 Å². The number of furan rings is 1. The van der Waals surface area contributed by atoms with Gasteiger partial charge in [-0.25, -0.2) is 15.0 Å². The summed E-state index contributed by atoms with van der Waals surface area (Å²) in [5.74, 6) is 1.27. The molecule has 0 aliphatic carbocycles. The molecule has 0 radical (unpaired) electrons. The van der Waals surface area contributed by atoms with Gasteiger partial charge in [0.2, 0.25) is 0 Å². The van der Waals surface area contributed by atoms with Crippen molar-refractivity contribution in [2.75, 3.05) is 4.90 Å². The van der Waals surface area contributed by atoms with E-state index in [9.17, 15) is 5.11 Å². The van der Waals surface area contributed by atoms with Crippen LogP contribution in [0.4, 0.5) is 17.2 Å². The summed E-state index contributed by atoms with van der Waals surface area (Å²) >= 11 is 0. The molecule has 0 aliphatic rings. The largest absolute Gasteiger partial charge is 0.507 e. The van der Waals surface area contributed by atoms with Gasteiger partial charge < -0.3 is 9.52 Å². The molecule has 0 amide bonds. The lowest BCUT2D eigenvalue weighted by Crippen LogP contribution is -2.17. The summed E-state index contributed by atoms with van der Waals surface area (Å²) in [6.45, 7) is 17.7. The van der Waals surface area contributed by atoms with Crippen LogP contribution in [0.1, 0.15) is 63.9 Å². The Kier molecular flexibility index (Phi) is 8.76. The summed E-state index contributed by atoms with van der Waals surface area (Å²) in [5.41, 5.74) is 12.2. The molecule has 274 valence electrons. The number of nitrogens with zero attached hydrogens (tertiary/aromatic N) is 5. The number of hydrogen-bond donors (Lipinski definition) is 1.